The van der Waals surface area contributed by atoms with E-state index in [1.165, 1.54) is 25.3 Å². The number of hydrogen-bond donors (Lipinski definition) is 0. The van der Waals surface area contributed by atoms with Gasteiger partial charge in [-0.3, -0.25) is 4.79 Å². The molecule has 7 heteroatoms. The predicted octanol–water partition coefficient (Wildman–Crippen LogP) is 2.77. The van der Waals surface area contributed by atoms with Gasteiger partial charge in [-0.25, -0.2) is 8.42 Å². The normalized spacial score (nSPS) is 11.3. The fourth-order valence-electron chi connectivity index (χ4n) is 1.89. The van der Waals surface area contributed by atoms with E-state index in [1.54, 1.807) is 11.9 Å². The van der Waals surface area contributed by atoms with Crippen molar-refractivity contribution in [3.05, 3.63) is 23.2 Å². The molecule has 1 aromatic carbocycles. The van der Waals surface area contributed by atoms with Gasteiger partial charge >= 0.3 is 0 Å². The molecule has 1 rings (SSSR count). The van der Waals surface area contributed by atoms with E-state index in [2.05, 4.69) is 0 Å². The minimum atomic E-state index is -3.54. The number of nitrogens with zero attached hydrogens (tertiary/aromatic N) is 1. The maximum atomic E-state index is 12.3. The second-order valence-corrected chi connectivity index (χ2v) is 7.55. The van der Waals surface area contributed by atoms with Crippen molar-refractivity contribution in [2.24, 2.45) is 0 Å². The van der Waals surface area contributed by atoms with Crippen LogP contribution in [0.1, 0.15) is 26.2 Å². The number of rotatable bonds is 8. The van der Waals surface area contributed by atoms with Crippen LogP contribution < -0.4 is 4.74 Å². The van der Waals surface area contributed by atoms with Gasteiger partial charge in [0.25, 0.3) is 0 Å². The lowest BCUT2D eigenvalue weighted by molar-refractivity contribution is -0.129. The third-order valence-electron chi connectivity index (χ3n) is 3.34. The van der Waals surface area contributed by atoms with E-state index in [0.717, 1.165) is 12.8 Å². The lowest BCUT2D eigenvalue weighted by atomic mass is 10.3. The number of amides is 1. The zero-order valence-electron chi connectivity index (χ0n) is 13.1. The van der Waals surface area contributed by atoms with Gasteiger partial charge in [0.2, 0.25) is 5.91 Å². The second-order valence-electron chi connectivity index (χ2n) is 5.03. The maximum Gasteiger partial charge on any atom is 0.223 e. The van der Waals surface area contributed by atoms with Crippen LogP contribution in [0.4, 0.5) is 0 Å². The minimum Gasteiger partial charge on any atom is -0.495 e. The van der Waals surface area contributed by atoms with E-state index in [-0.39, 0.29) is 28.0 Å². The molecule has 0 aliphatic carbocycles. The van der Waals surface area contributed by atoms with Crippen molar-refractivity contribution in [2.45, 2.75) is 31.1 Å². The Morgan fingerprint density at radius 3 is 2.59 bits per heavy atom. The minimum absolute atomic E-state index is 0.0355. The highest BCUT2D eigenvalue weighted by atomic mass is 35.5. The molecule has 0 N–H and O–H groups in total. The summed E-state index contributed by atoms with van der Waals surface area (Å²) in [5, 5.41) is 0.231. The molecule has 22 heavy (non-hydrogen) atoms. The first kappa shape index (κ1) is 18.8. The Morgan fingerprint density at radius 2 is 2.05 bits per heavy atom. The topological polar surface area (TPSA) is 63.7 Å². The first-order chi connectivity index (χ1) is 10.3. The quantitative estimate of drug-likeness (QED) is 0.725. The van der Waals surface area contributed by atoms with Crippen LogP contribution in [0.2, 0.25) is 5.02 Å². The summed E-state index contributed by atoms with van der Waals surface area (Å²) in [5.41, 5.74) is 0. The van der Waals surface area contributed by atoms with Gasteiger partial charge < -0.3 is 9.64 Å². The fourth-order valence-corrected chi connectivity index (χ4v) is 3.47. The van der Waals surface area contributed by atoms with Crippen LogP contribution in [-0.2, 0) is 14.6 Å². The van der Waals surface area contributed by atoms with Gasteiger partial charge in [-0.1, -0.05) is 24.9 Å². The molecule has 0 heterocycles. The van der Waals surface area contributed by atoms with Crippen molar-refractivity contribution in [2.75, 3.05) is 26.5 Å². The zero-order chi connectivity index (χ0) is 16.8. The highest BCUT2D eigenvalue weighted by molar-refractivity contribution is 7.91. The Morgan fingerprint density at radius 1 is 1.36 bits per heavy atom. The Bertz CT molecular complexity index is 616. The molecule has 0 bridgehead atoms. The van der Waals surface area contributed by atoms with E-state index < -0.39 is 9.84 Å². The molecule has 1 amide bonds. The molecule has 0 spiro atoms. The zero-order valence-corrected chi connectivity index (χ0v) is 14.7. The average Bonchev–Trinajstić information content (AvgIpc) is 2.50. The first-order valence-electron chi connectivity index (χ1n) is 7.12. The lowest BCUT2D eigenvalue weighted by Crippen LogP contribution is -2.29. The van der Waals surface area contributed by atoms with Crippen LogP contribution in [0.3, 0.4) is 0 Å². The Kier molecular flexibility index (Phi) is 7.16. The van der Waals surface area contributed by atoms with Crippen molar-refractivity contribution in [3.8, 4) is 5.75 Å². The van der Waals surface area contributed by atoms with Crippen molar-refractivity contribution in [1.29, 1.82) is 0 Å². The maximum absolute atomic E-state index is 12.3. The van der Waals surface area contributed by atoms with Gasteiger partial charge in [-0.05, 0) is 24.6 Å². The van der Waals surface area contributed by atoms with Crippen LogP contribution in [-0.4, -0.2) is 45.7 Å². The predicted molar refractivity (Wildman–Crippen MR) is 87.2 cm³/mol. The summed E-state index contributed by atoms with van der Waals surface area (Å²) in [7, 11) is -0.396. The number of carbonyl (C=O) groups is 1. The van der Waals surface area contributed by atoms with Crippen LogP contribution in [0.5, 0.6) is 5.75 Å². The van der Waals surface area contributed by atoms with Gasteiger partial charge in [0, 0.05) is 20.0 Å². The highest BCUT2D eigenvalue weighted by Crippen LogP contribution is 2.27. The van der Waals surface area contributed by atoms with Crippen LogP contribution in [0.25, 0.3) is 0 Å². The molecule has 0 saturated heterocycles. The number of benzene rings is 1. The number of hydrogen-bond acceptors (Lipinski definition) is 4. The molecule has 124 valence electrons. The summed E-state index contributed by atoms with van der Waals surface area (Å²) < 4.78 is 29.5. The molecular formula is C15H22ClNO4S. The van der Waals surface area contributed by atoms with Crippen LogP contribution in [0, 0.1) is 0 Å². The summed E-state index contributed by atoms with van der Waals surface area (Å²) in [6.07, 6.45) is 1.86. The van der Waals surface area contributed by atoms with Crippen molar-refractivity contribution in [1.82, 2.24) is 4.90 Å². The van der Waals surface area contributed by atoms with Crippen molar-refractivity contribution in [3.63, 3.8) is 0 Å². The monoisotopic (exact) mass is 347 g/mol. The number of carbonyl (C=O) groups excluding carboxylic acids is 1. The summed E-state index contributed by atoms with van der Waals surface area (Å²) in [6.45, 7) is 2.68. The first-order valence-corrected chi connectivity index (χ1v) is 9.15. The summed E-state index contributed by atoms with van der Waals surface area (Å²) in [6, 6.07) is 4.29. The van der Waals surface area contributed by atoms with Crippen molar-refractivity contribution >= 4 is 27.3 Å². The Hall–Kier alpha value is -1.27. The molecule has 0 radical (unpaired) electrons. The summed E-state index contributed by atoms with van der Waals surface area (Å²) >= 11 is 5.94. The van der Waals surface area contributed by atoms with Crippen LogP contribution >= 0.6 is 11.6 Å². The molecule has 0 aliphatic rings. The smallest absolute Gasteiger partial charge is 0.223 e. The van der Waals surface area contributed by atoms with Gasteiger partial charge in [0.1, 0.15) is 5.75 Å². The van der Waals surface area contributed by atoms with E-state index in [9.17, 15) is 13.2 Å². The molecule has 1 aromatic rings. The van der Waals surface area contributed by atoms with Gasteiger partial charge in [-0.15, -0.1) is 0 Å². The van der Waals surface area contributed by atoms with Gasteiger partial charge in [-0.2, -0.15) is 0 Å². The fraction of sp³-hybridized carbons (Fsp3) is 0.533. The average molecular weight is 348 g/mol. The van der Waals surface area contributed by atoms with E-state index in [0.29, 0.717) is 12.3 Å². The van der Waals surface area contributed by atoms with Crippen molar-refractivity contribution < 1.29 is 17.9 Å². The van der Waals surface area contributed by atoms with E-state index >= 15 is 0 Å². The summed E-state index contributed by atoms with van der Waals surface area (Å²) in [4.78, 5) is 13.6. The largest absolute Gasteiger partial charge is 0.495 e. The molecule has 0 unspecified atom stereocenters. The molecule has 5 nitrogen and oxygen atoms in total. The van der Waals surface area contributed by atoms with E-state index in [4.69, 9.17) is 16.3 Å². The lowest BCUT2D eigenvalue weighted by Gasteiger charge is -2.16. The van der Waals surface area contributed by atoms with Crippen LogP contribution in [0.15, 0.2) is 23.1 Å². The summed E-state index contributed by atoms with van der Waals surface area (Å²) in [5.74, 6) is 0.0120. The third-order valence-corrected chi connectivity index (χ3v) is 5.35. The second kappa shape index (κ2) is 8.39. The number of methoxy groups -OCH3 is 1. The Labute approximate surface area is 137 Å². The molecule has 0 aromatic heterocycles. The highest BCUT2D eigenvalue weighted by Gasteiger charge is 2.19. The SMILES string of the molecule is CCCCN(C)C(=O)CCS(=O)(=O)c1ccc(OC)c(Cl)c1. The third kappa shape index (κ3) is 5.18. The Balaban J connectivity index is 2.72. The number of halogens is 1. The molecule has 0 aliphatic heterocycles. The number of sulfone groups is 1. The number of unbranched alkanes of at least 4 members (excludes halogenated alkanes) is 1. The van der Waals surface area contributed by atoms with Gasteiger partial charge in [0.05, 0.1) is 22.8 Å². The van der Waals surface area contributed by atoms with E-state index in [1.807, 2.05) is 6.92 Å². The van der Waals surface area contributed by atoms with Gasteiger partial charge in [0.15, 0.2) is 9.84 Å². The number of ether oxygens (including phenoxy) is 1. The molecule has 0 saturated carbocycles. The molecular weight excluding hydrogens is 326 g/mol. The standard InChI is InChI=1S/C15H22ClNO4S/c1-4-5-9-17(2)15(18)8-10-22(19,20)12-6-7-14(21-3)13(16)11-12/h6-7,11H,4-5,8-10H2,1-3H3. The molecule has 0 fully saturated rings. The molecule has 0 atom stereocenters.